The number of hydrogen-bond donors (Lipinski definition) is 2. The molecule has 0 bridgehead atoms. The van der Waals surface area contributed by atoms with E-state index >= 15 is 0 Å². The van der Waals surface area contributed by atoms with E-state index in [-0.39, 0.29) is 6.10 Å². The molecule has 0 amide bonds. The molecule has 0 fully saturated rings. The van der Waals surface area contributed by atoms with E-state index in [1.807, 2.05) is 6.08 Å². The molecule has 0 radical (unpaired) electrons. The summed E-state index contributed by atoms with van der Waals surface area (Å²) in [6.45, 7) is 1.06. The zero-order valence-electron chi connectivity index (χ0n) is 12.7. The van der Waals surface area contributed by atoms with Crippen molar-refractivity contribution in [1.82, 2.24) is 5.32 Å². The average molecular weight is 339 g/mol. The maximum absolute atomic E-state index is 12.8. The number of ketones is 1. The van der Waals surface area contributed by atoms with Crippen molar-refractivity contribution in [1.29, 1.82) is 0 Å². The Morgan fingerprint density at radius 2 is 2.17 bits per heavy atom. The number of alkyl halides is 3. The van der Waals surface area contributed by atoms with Crippen molar-refractivity contribution in [2.45, 2.75) is 43.2 Å². The normalized spacial score (nSPS) is 31.0. The number of nitrogens with one attached hydrogen (secondary N) is 1. The summed E-state index contributed by atoms with van der Waals surface area (Å²) >= 11 is 0. The third-order valence-electron chi connectivity index (χ3n) is 5.11. The van der Waals surface area contributed by atoms with Crippen molar-refractivity contribution in [3.05, 3.63) is 41.0 Å². The Bertz CT molecular complexity index is 743. The summed E-state index contributed by atoms with van der Waals surface area (Å²) in [6.07, 6.45) is -1.13. The van der Waals surface area contributed by atoms with Crippen LogP contribution in [0, 0.1) is 0 Å². The summed E-state index contributed by atoms with van der Waals surface area (Å²) < 4.78 is 44.3. The summed E-state index contributed by atoms with van der Waals surface area (Å²) in [5.74, 6) is -1.54. The van der Waals surface area contributed by atoms with Crippen molar-refractivity contribution >= 4 is 5.78 Å². The van der Waals surface area contributed by atoms with Gasteiger partial charge in [0.1, 0.15) is 11.9 Å². The van der Waals surface area contributed by atoms with Crippen molar-refractivity contribution in [3.63, 3.8) is 0 Å². The largest absolute Gasteiger partial charge is 0.489 e. The highest BCUT2D eigenvalue weighted by Gasteiger charge is 2.52. The molecule has 3 atom stereocenters. The number of aliphatic hydroxyl groups is 1. The van der Waals surface area contributed by atoms with Gasteiger partial charge in [-0.15, -0.1) is 0 Å². The molecule has 0 saturated heterocycles. The van der Waals surface area contributed by atoms with E-state index in [0.717, 1.165) is 12.0 Å². The quantitative estimate of drug-likeness (QED) is 0.609. The van der Waals surface area contributed by atoms with Gasteiger partial charge in [0.15, 0.2) is 0 Å². The van der Waals surface area contributed by atoms with Gasteiger partial charge in [0.2, 0.25) is 0 Å². The lowest BCUT2D eigenvalue weighted by Crippen LogP contribution is -2.42. The summed E-state index contributed by atoms with van der Waals surface area (Å²) in [4.78, 5) is 11.6. The number of ether oxygens (including phenoxy) is 1. The number of aliphatic hydroxyl groups excluding tert-OH is 1. The van der Waals surface area contributed by atoms with Crippen LogP contribution < -0.4 is 10.1 Å². The van der Waals surface area contributed by atoms with Gasteiger partial charge in [-0.3, -0.25) is 4.79 Å². The van der Waals surface area contributed by atoms with Gasteiger partial charge in [0.05, 0.1) is 11.5 Å². The van der Waals surface area contributed by atoms with Crippen LogP contribution in [-0.2, 0) is 12.0 Å². The Labute approximate surface area is 136 Å². The topological polar surface area (TPSA) is 58.6 Å². The highest BCUT2D eigenvalue weighted by atomic mass is 19.4. The first-order valence-corrected chi connectivity index (χ1v) is 7.85. The van der Waals surface area contributed by atoms with Crippen LogP contribution in [0.1, 0.15) is 34.3 Å². The Hall–Kier alpha value is -1.86. The van der Waals surface area contributed by atoms with Crippen LogP contribution in [0.3, 0.4) is 0 Å². The van der Waals surface area contributed by atoms with Gasteiger partial charge in [0, 0.05) is 24.1 Å². The first-order chi connectivity index (χ1) is 11.3. The van der Waals surface area contributed by atoms with E-state index in [2.05, 4.69) is 5.32 Å². The smallest absolute Gasteiger partial charge is 0.454 e. The van der Waals surface area contributed by atoms with Crippen molar-refractivity contribution in [2.75, 3.05) is 6.54 Å². The Kier molecular flexibility index (Phi) is 3.30. The third-order valence-corrected chi connectivity index (χ3v) is 5.11. The van der Waals surface area contributed by atoms with Crippen LogP contribution in [0.15, 0.2) is 24.3 Å². The first-order valence-electron chi connectivity index (χ1n) is 7.85. The molecular formula is C17H16F3NO3. The maximum atomic E-state index is 12.8. The second-order valence-corrected chi connectivity index (χ2v) is 6.57. The predicted octanol–water partition coefficient (Wildman–Crippen LogP) is 2.24. The maximum Gasteiger partial charge on any atom is 0.454 e. The van der Waals surface area contributed by atoms with Gasteiger partial charge >= 0.3 is 6.18 Å². The van der Waals surface area contributed by atoms with Crippen LogP contribution in [0.25, 0.3) is 0 Å². The summed E-state index contributed by atoms with van der Waals surface area (Å²) in [5.41, 5.74) is 0.645. The lowest BCUT2D eigenvalue weighted by Gasteiger charge is -2.35. The molecule has 1 spiro atoms. The molecule has 3 aliphatic rings. The second-order valence-electron chi connectivity index (χ2n) is 6.57. The average Bonchev–Trinajstić information content (AvgIpc) is 2.70. The van der Waals surface area contributed by atoms with Gasteiger partial charge in [-0.05, 0) is 30.7 Å². The molecule has 7 heteroatoms. The minimum Gasteiger partial charge on any atom is -0.489 e. The van der Waals surface area contributed by atoms with E-state index in [1.165, 1.54) is 12.1 Å². The van der Waals surface area contributed by atoms with Crippen LogP contribution >= 0.6 is 0 Å². The predicted molar refractivity (Wildman–Crippen MR) is 79.0 cm³/mol. The molecule has 0 saturated carbocycles. The fourth-order valence-electron chi connectivity index (χ4n) is 4.07. The number of Topliss-reactive ketones (excluding diaryl/α,β-unsaturated/α-hetero) is 1. The number of halogens is 3. The minimum atomic E-state index is -4.92. The fourth-order valence-corrected chi connectivity index (χ4v) is 4.07. The number of benzene rings is 1. The van der Waals surface area contributed by atoms with E-state index in [1.54, 1.807) is 6.08 Å². The molecule has 4 rings (SSSR count). The molecule has 128 valence electrons. The molecular weight excluding hydrogens is 323 g/mol. The summed E-state index contributed by atoms with van der Waals surface area (Å²) in [6, 6.07) is 2.51. The van der Waals surface area contributed by atoms with Crippen LogP contribution in [-0.4, -0.2) is 35.8 Å². The van der Waals surface area contributed by atoms with Gasteiger partial charge in [-0.2, -0.15) is 13.2 Å². The molecule has 4 nitrogen and oxygen atoms in total. The van der Waals surface area contributed by atoms with Gasteiger partial charge in [0.25, 0.3) is 5.78 Å². The Morgan fingerprint density at radius 3 is 2.92 bits per heavy atom. The van der Waals surface area contributed by atoms with E-state index < -0.39 is 29.0 Å². The number of rotatable bonds is 1. The molecule has 1 aromatic rings. The SMILES string of the molecule is O=C(c1cc2c3c(c1)OC1CC(O)C=CC31CCNC2)C(F)(F)F. The highest BCUT2D eigenvalue weighted by molar-refractivity contribution is 6.01. The molecule has 2 aliphatic heterocycles. The Morgan fingerprint density at radius 1 is 1.38 bits per heavy atom. The third kappa shape index (κ3) is 2.18. The fraction of sp³-hybridized carbons (Fsp3) is 0.471. The second kappa shape index (κ2) is 5.07. The first kappa shape index (κ1) is 15.7. The van der Waals surface area contributed by atoms with Gasteiger partial charge in [-0.25, -0.2) is 0 Å². The summed E-state index contributed by atoms with van der Waals surface area (Å²) in [7, 11) is 0. The number of hydrogen-bond acceptors (Lipinski definition) is 4. The van der Waals surface area contributed by atoms with Crippen molar-refractivity contribution in [2.24, 2.45) is 0 Å². The van der Waals surface area contributed by atoms with Crippen molar-refractivity contribution < 1.29 is 27.8 Å². The molecule has 0 aromatic heterocycles. The lowest BCUT2D eigenvalue weighted by atomic mass is 9.69. The number of carbonyl (C=O) groups excluding carboxylic acids is 1. The zero-order chi connectivity index (χ0) is 17.1. The monoisotopic (exact) mass is 339 g/mol. The number of carbonyl (C=O) groups is 1. The molecule has 1 aliphatic carbocycles. The molecule has 24 heavy (non-hydrogen) atoms. The molecule has 2 N–H and O–H groups in total. The van der Waals surface area contributed by atoms with Crippen LogP contribution in [0.5, 0.6) is 5.75 Å². The Balaban J connectivity index is 1.88. The lowest BCUT2D eigenvalue weighted by molar-refractivity contribution is -0.0885. The van der Waals surface area contributed by atoms with E-state index in [0.29, 0.717) is 30.8 Å². The standard InChI is InChI=1S/C17H16F3NO3/c18-17(19,20)15(23)9-5-10-8-21-4-3-16-2-1-11(22)7-13(16)24-12(6-9)14(10)16/h1-2,5-6,11,13,21-22H,3-4,7-8H2. The van der Waals surface area contributed by atoms with Crippen molar-refractivity contribution in [3.8, 4) is 5.75 Å². The summed E-state index contributed by atoms with van der Waals surface area (Å²) in [5, 5.41) is 13.1. The van der Waals surface area contributed by atoms with E-state index in [4.69, 9.17) is 4.74 Å². The molecule has 3 unspecified atom stereocenters. The molecule has 1 aromatic carbocycles. The zero-order valence-corrected chi connectivity index (χ0v) is 12.7. The van der Waals surface area contributed by atoms with Crippen LogP contribution in [0.4, 0.5) is 13.2 Å². The van der Waals surface area contributed by atoms with Gasteiger partial charge < -0.3 is 15.2 Å². The highest BCUT2D eigenvalue weighted by Crippen LogP contribution is 2.52. The van der Waals surface area contributed by atoms with Gasteiger partial charge in [-0.1, -0.05) is 12.2 Å². The minimum absolute atomic E-state index is 0.326. The van der Waals surface area contributed by atoms with Crippen LogP contribution in [0.2, 0.25) is 0 Å². The van der Waals surface area contributed by atoms with E-state index in [9.17, 15) is 23.1 Å². The molecule has 2 heterocycles.